The Bertz CT molecular complexity index is 698. The maximum Gasteiger partial charge on any atom is 0.322 e. The van der Waals surface area contributed by atoms with E-state index < -0.39 is 18.4 Å². The molecule has 0 unspecified atom stereocenters. The summed E-state index contributed by atoms with van der Waals surface area (Å²) in [5, 5.41) is 21.8. The molecule has 0 heterocycles. The summed E-state index contributed by atoms with van der Waals surface area (Å²) >= 11 is 7.94. The van der Waals surface area contributed by atoms with Crippen molar-refractivity contribution in [2.24, 2.45) is 0 Å². The zero-order valence-corrected chi connectivity index (χ0v) is 22.8. The lowest BCUT2D eigenvalue weighted by atomic mass is 10.3. The van der Waals surface area contributed by atoms with E-state index in [0.717, 1.165) is 0 Å². The summed E-state index contributed by atoms with van der Waals surface area (Å²) < 4.78 is 0. The number of hydrogen-bond donors (Lipinski definition) is 8. The van der Waals surface area contributed by atoms with Crippen LogP contribution in [0.25, 0.3) is 0 Å². The Balaban J connectivity index is 4.33. The van der Waals surface area contributed by atoms with Crippen LogP contribution in [0.1, 0.15) is 38.5 Å². The Morgan fingerprint density at radius 3 is 1.38 bits per heavy atom. The minimum absolute atomic E-state index is 0.0243. The first-order valence-electron chi connectivity index (χ1n) is 12.2. The highest BCUT2D eigenvalue weighted by Crippen LogP contribution is 1.95. The molecule has 13 nitrogen and oxygen atoms in total. The van der Waals surface area contributed by atoms with E-state index in [9.17, 15) is 28.8 Å². The molecule has 5 amide bonds. The van der Waals surface area contributed by atoms with Gasteiger partial charge in [-0.25, -0.2) is 0 Å². The van der Waals surface area contributed by atoms with E-state index in [-0.39, 0.29) is 56.1 Å². The van der Waals surface area contributed by atoms with Gasteiger partial charge >= 0.3 is 5.97 Å². The maximum atomic E-state index is 12.0. The van der Waals surface area contributed by atoms with Crippen molar-refractivity contribution >= 4 is 60.8 Å². The second-order valence-corrected chi connectivity index (χ2v) is 8.90. The topological polar surface area (TPSA) is 186 Å². The number of nitrogens with one attached hydrogen (secondary N) is 5. The molecule has 6 N–H and O–H groups in total. The zero-order valence-electron chi connectivity index (χ0n) is 21.1. The number of carboxylic acids is 1. The minimum Gasteiger partial charge on any atom is -0.480 e. The van der Waals surface area contributed by atoms with Crippen LogP contribution in [0.3, 0.4) is 0 Å². The van der Waals surface area contributed by atoms with Crippen LogP contribution in [0.5, 0.6) is 0 Å². The van der Waals surface area contributed by atoms with Gasteiger partial charge in [0.25, 0.3) is 0 Å². The van der Waals surface area contributed by atoms with Crippen LogP contribution in [0, 0.1) is 0 Å². The third kappa shape index (κ3) is 22.4. The van der Waals surface area contributed by atoms with Gasteiger partial charge in [-0.1, -0.05) is 0 Å². The van der Waals surface area contributed by atoms with Crippen molar-refractivity contribution in [2.75, 3.05) is 63.9 Å². The average molecular weight is 565 g/mol. The van der Waals surface area contributed by atoms with Crippen molar-refractivity contribution in [1.29, 1.82) is 0 Å². The maximum absolute atomic E-state index is 12.0. The number of thiol groups is 2. The van der Waals surface area contributed by atoms with Gasteiger partial charge in [-0.15, -0.1) is 0 Å². The molecule has 0 atom stereocenters. The summed E-state index contributed by atoms with van der Waals surface area (Å²) in [7, 11) is 0. The van der Waals surface area contributed by atoms with Crippen LogP contribution in [0.4, 0.5) is 0 Å². The molecule has 0 aliphatic heterocycles. The van der Waals surface area contributed by atoms with Gasteiger partial charge in [0.2, 0.25) is 29.5 Å². The summed E-state index contributed by atoms with van der Waals surface area (Å²) in [6, 6.07) is 0. The molecule has 0 aromatic carbocycles. The van der Waals surface area contributed by atoms with Crippen molar-refractivity contribution in [3.63, 3.8) is 0 Å². The lowest BCUT2D eigenvalue weighted by Crippen LogP contribution is -2.41. The Labute approximate surface area is 228 Å². The molecule has 15 heteroatoms. The highest BCUT2D eigenvalue weighted by Gasteiger charge is 2.12. The van der Waals surface area contributed by atoms with E-state index in [1.807, 2.05) is 4.90 Å². The number of carbonyl (C=O) groups is 6. The average Bonchev–Trinajstić information content (AvgIpc) is 2.83. The second-order valence-electron chi connectivity index (χ2n) is 8.00. The molecule has 0 saturated heterocycles. The lowest BCUT2D eigenvalue weighted by molar-refractivity contribution is -0.138. The Hall–Kier alpha value is -2.52. The van der Waals surface area contributed by atoms with Gasteiger partial charge in [0.05, 0.1) is 6.54 Å². The number of carboxylic acid groups (broad SMARTS) is 1. The van der Waals surface area contributed by atoms with Gasteiger partial charge in [0.15, 0.2) is 0 Å². The van der Waals surface area contributed by atoms with Gasteiger partial charge < -0.3 is 31.7 Å². The number of aliphatic carboxylic acids is 1. The van der Waals surface area contributed by atoms with Crippen LogP contribution in [0.2, 0.25) is 0 Å². The first kappa shape index (κ1) is 34.5. The molecule has 0 bridgehead atoms. The molecule has 0 aliphatic carbocycles. The SMILES string of the molecule is O=C(O)CNC(=O)CN(CCCNC(=O)CCNC(=O)CCS)CCCNC(=O)CCNC(=O)CCS. The van der Waals surface area contributed by atoms with E-state index in [0.29, 0.717) is 63.4 Å². The summed E-state index contributed by atoms with van der Waals surface area (Å²) in [6.45, 7) is 1.63. The fourth-order valence-corrected chi connectivity index (χ4v) is 3.36. The molecule has 0 aromatic heterocycles. The van der Waals surface area contributed by atoms with Gasteiger partial charge in [-0.05, 0) is 24.3 Å². The Morgan fingerprint density at radius 1 is 0.568 bits per heavy atom. The van der Waals surface area contributed by atoms with E-state index in [2.05, 4.69) is 51.8 Å². The number of hydrogen-bond acceptors (Lipinski definition) is 9. The molecule has 37 heavy (non-hydrogen) atoms. The molecular formula is C22H40N6O7S2. The van der Waals surface area contributed by atoms with Gasteiger partial charge in [-0.2, -0.15) is 25.3 Å². The van der Waals surface area contributed by atoms with Crippen LogP contribution >= 0.6 is 25.3 Å². The van der Waals surface area contributed by atoms with E-state index in [4.69, 9.17) is 5.11 Å². The van der Waals surface area contributed by atoms with E-state index in [1.54, 1.807) is 0 Å². The minimum atomic E-state index is -1.14. The highest BCUT2D eigenvalue weighted by atomic mass is 32.1. The molecule has 0 fully saturated rings. The Morgan fingerprint density at radius 2 is 0.973 bits per heavy atom. The van der Waals surface area contributed by atoms with E-state index >= 15 is 0 Å². The number of amides is 5. The fourth-order valence-electron chi connectivity index (χ4n) is 2.95. The van der Waals surface area contributed by atoms with Gasteiger partial charge in [0.1, 0.15) is 6.54 Å². The van der Waals surface area contributed by atoms with Crippen LogP contribution < -0.4 is 26.6 Å². The third-order valence-corrected chi connectivity index (χ3v) is 5.22. The van der Waals surface area contributed by atoms with Crippen molar-refractivity contribution in [1.82, 2.24) is 31.5 Å². The van der Waals surface area contributed by atoms with Crippen molar-refractivity contribution in [3.05, 3.63) is 0 Å². The fraction of sp³-hybridized carbons (Fsp3) is 0.727. The molecular weight excluding hydrogens is 524 g/mol. The number of nitrogens with zero attached hydrogens (tertiary/aromatic N) is 1. The predicted molar refractivity (Wildman–Crippen MR) is 145 cm³/mol. The van der Waals surface area contributed by atoms with Crippen molar-refractivity contribution in [3.8, 4) is 0 Å². The summed E-state index contributed by atoms with van der Waals surface area (Å²) in [4.78, 5) is 71.0. The summed E-state index contributed by atoms with van der Waals surface area (Å²) in [6.07, 6.45) is 1.97. The smallest absolute Gasteiger partial charge is 0.322 e. The van der Waals surface area contributed by atoms with Crippen molar-refractivity contribution < 1.29 is 33.9 Å². The molecule has 0 saturated carbocycles. The standard InChI is InChI=1S/C22H40N6O7S2/c29-17(3-9-25-19(31)5-13-36)23-7-1-11-28(16-21(33)27-15-22(34)35)12-2-8-24-18(30)4-10-26-20(32)6-14-37/h36-37H,1-16H2,(H,23,29)(H,24,30)(H,25,31)(H,26,32)(H,27,33)(H,34,35). The Kier molecular flexibility index (Phi) is 21.1. The second kappa shape index (κ2) is 22.7. The van der Waals surface area contributed by atoms with Gasteiger partial charge in [0, 0.05) is 65.0 Å². The van der Waals surface area contributed by atoms with Crippen LogP contribution in [-0.4, -0.2) is 109 Å². The largest absolute Gasteiger partial charge is 0.480 e. The quantitative estimate of drug-likeness (QED) is 0.0556. The number of rotatable bonds is 22. The van der Waals surface area contributed by atoms with Gasteiger partial charge in [-0.3, -0.25) is 33.7 Å². The lowest BCUT2D eigenvalue weighted by Gasteiger charge is -2.22. The molecule has 0 spiro atoms. The molecule has 0 aliphatic rings. The first-order chi connectivity index (χ1) is 17.7. The van der Waals surface area contributed by atoms with Crippen molar-refractivity contribution in [2.45, 2.75) is 38.5 Å². The first-order valence-corrected chi connectivity index (χ1v) is 13.4. The molecule has 0 aromatic rings. The highest BCUT2D eigenvalue weighted by molar-refractivity contribution is 7.80. The molecule has 212 valence electrons. The zero-order chi connectivity index (χ0) is 27.9. The molecule has 0 rings (SSSR count). The van der Waals surface area contributed by atoms with Crippen LogP contribution in [0.15, 0.2) is 0 Å². The van der Waals surface area contributed by atoms with E-state index in [1.165, 1.54) is 0 Å². The normalized spacial score (nSPS) is 10.5. The number of carbonyl (C=O) groups excluding carboxylic acids is 5. The third-order valence-electron chi connectivity index (χ3n) is 4.78. The van der Waals surface area contributed by atoms with Crippen LogP contribution in [-0.2, 0) is 28.8 Å². The molecule has 0 radical (unpaired) electrons. The monoisotopic (exact) mass is 564 g/mol. The summed E-state index contributed by atoms with van der Waals surface area (Å²) in [5.74, 6) is -1.45. The predicted octanol–water partition coefficient (Wildman–Crippen LogP) is -1.85. The summed E-state index contributed by atoms with van der Waals surface area (Å²) in [5.41, 5.74) is 0.